The lowest BCUT2D eigenvalue weighted by Crippen LogP contribution is -2.23. The molecule has 0 amide bonds. The maximum atomic E-state index is 4.26. The summed E-state index contributed by atoms with van der Waals surface area (Å²) in [6.07, 6.45) is 9.22. The Balaban J connectivity index is 2.62. The first kappa shape index (κ1) is 16.8. The van der Waals surface area contributed by atoms with E-state index in [9.17, 15) is 0 Å². The second-order valence-corrected chi connectivity index (χ2v) is 5.46. The van der Waals surface area contributed by atoms with Gasteiger partial charge < -0.3 is 5.32 Å². The highest BCUT2D eigenvalue weighted by Crippen LogP contribution is 2.22. The van der Waals surface area contributed by atoms with Gasteiger partial charge in [-0.05, 0) is 57.7 Å². The van der Waals surface area contributed by atoms with Crippen molar-refractivity contribution in [1.29, 1.82) is 0 Å². The van der Waals surface area contributed by atoms with Gasteiger partial charge in [-0.15, -0.1) is 6.58 Å². The fraction of sp³-hybridized carbons (Fsp3) is 0.647. The second kappa shape index (κ2) is 9.65. The third-order valence-corrected chi connectivity index (χ3v) is 3.56. The lowest BCUT2D eigenvalue weighted by molar-refractivity contribution is 0.468. The molecule has 3 nitrogen and oxygen atoms in total. The Morgan fingerprint density at radius 2 is 2.05 bits per heavy atom. The van der Waals surface area contributed by atoms with E-state index in [0.717, 1.165) is 30.8 Å². The number of nitrogens with one attached hydrogen (secondary N) is 1. The van der Waals surface area contributed by atoms with Crippen molar-refractivity contribution >= 4 is 0 Å². The van der Waals surface area contributed by atoms with E-state index in [0.29, 0.717) is 6.04 Å². The zero-order chi connectivity index (χ0) is 14.8. The molecule has 112 valence electrons. The van der Waals surface area contributed by atoms with Crippen LogP contribution in [0.1, 0.15) is 68.4 Å². The molecule has 0 spiro atoms. The zero-order valence-corrected chi connectivity index (χ0v) is 13.3. The largest absolute Gasteiger partial charge is 0.310 e. The highest BCUT2D eigenvalue weighted by atomic mass is 15.1. The van der Waals surface area contributed by atoms with Crippen LogP contribution in [0.5, 0.6) is 0 Å². The van der Waals surface area contributed by atoms with Gasteiger partial charge in [-0.25, -0.2) is 0 Å². The van der Waals surface area contributed by atoms with E-state index in [1.165, 1.54) is 31.2 Å². The summed E-state index contributed by atoms with van der Waals surface area (Å²) >= 11 is 0. The van der Waals surface area contributed by atoms with Crippen molar-refractivity contribution in [2.75, 3.05) is 6.54 Å². The number of nitrogens with zero attached hydrogens (tertiary/aromatic N) is 2. The fourth-order valence-corrected chi connectivity index (χ4v) is 2.42. The maximum absolute atomic E-state index is 4.26. The first-order chi connectivity index (χ1) is 9.69. The molecule has 1 aromatic heterocycles. The van der Waals surface area contributed by atoms with Gasteiger partial charge >= 0.3 is 0 Å². The highest BCUT2D eigenvalue weighted by molar-refractivity contribution is 5.23. The molecule has 0 aliphatic carbocycles. The van der Waals surface area contributed by atoms with E-state index < -0.39 is 0 Å². The summed E-state index contributed by atoms with van der Waals surface area (Å²) in [5.74, 6) is 0. The van der Waals surface area contributed by atoms with Crippen LogP contribution < -0.4 is 5.32 Å². The molecule has 0 saturated carbocycles. The normalized spacial score (nSPS) is 12.3. The summed E-state index contributed by atoms with van der Waals surface area (Å²) in [5.41, 5.74) is 3.37. The molecular weight excluding hydrogens is 246 g/mol. The molecular formula is C17H29N3. The van der Waals surface area contributed by atoms with Gasteiger partial charge in [0.05, 0.1) is 11.4 Å². The van der Waals surface area contributed by atoms with Gasteiger partial charge in [-0.2, -0.15) is 10.2 Å². The zero-order valence-electron chi connectivity index (χ0n) is 13.3. The van der Waals surface area contributed by atoms with Crippen LogP contribution in [-0.4, -0.2) is 16.7 Å². The van der Waals surface area contributed by atoms with Crippen molar-refractivity contribution in [1.82, 2.24) is 15.5 Å². The number of unbranched alkanes of at least 4 members (excludes halogenated alkanes) is 3. The molecule has 0 saturated heterocycles. The van der Waals surface area contributed by atoms with Gasteiger partial charge in [-0.3, -0.25) is 0 Å². The van der Waals surface area contributed by atoms with Crippen LogP contribution in [0.25, 0.3) is 0 Å². The number of rotatable bonds is 10. The smallest absolute Gasteiger partial charge is 0.0648 e. The van der Waals surface area contributed by atoms with E-state index in [1.54, 1.807) is 0 Å². The number of hydrogen-bond donors (Lipinski definition) is 1. The second-order valence-electron chi connectivity index (χ2n) is 5.46. The van der Waals surface area contributed by atoms with Crippen LogP contribution in [0.15, 0.2) is 18.7 Å². The average Bonchev–Trinajstić information content (AvgIpc) is 2.45. The van der Waals surface area contributed by atoms with Crippen LogP contribution in [0.2, 0.25) is 0 Å². The van der Waals surface area contributed by atoms with Gasteiger partial charge in [0, 0.05) is 6.04 Å². The fourth-order valence-electron chi connectivity index (χ4n) is 2.42. The molecule has 0 aliphatic heterocycles. The summed E-state index contributed by atoms with van der Waals surface area (Å²) in [4.78, 5) is 0. The molecule has 1 N–H and O–H groups in total. The molecule has 0 radical (unpaired) electrons. The van der Waals surface area contributed by atoms with Gasteiger partial charge in [0.2, 0.25) is 0 Å². The van der Waals surface area contributed by atoms with Crippen LogP contribution in [0.3, 0.4) is 0 Å². The molecule has 0 aliphatic rings. The van der Waals surface area contributed by atoms with Crippen LogP contribution in [0.4, 0.5) is 0 Å². The Morgan fingerprint density at radius 1 is 1.25 bits per heavy atom. The Hall–Kier alpha value is -1.22. The van der Waals surface area contributed by atoms with Crippen LogP contribution in [0, 0.1) is 13.8 Å². The lowest BCUT2D eigenvalue weighted by Gasteiger charge is -2.20. The molecule has 1 rings (SSSR count). The van der Waals surface area contributed by atoms with Crippen LogP contribution >= 0.6 is 0 Å². The summed E-state index contributed by atoms with van der Waals surface area (Å²) in [5, 5.41) is 12.1. The minimum atomic E-state index is 0.410. The minimum Gasteiger partial charge on any atom is -0.310 e. The summed E-state index contributed by atoms with van der Waals surface area (Å²) < 4.78 is 0. The Bertz CT molecular complexity index is 401. The predicted octanol–water partition coefficient (Wildman–Crippen LogP) is 4.27. The quantitative estimate of drug-likeness (QED) is 0.512. The third-order valence-electron chi connectivity index (χ3n) is 3.56. The Morgan fingerprint density at radius 3 is 2.75 bits per heavy atom. The predicted molar refractivity (Wildman–Crippen MR) is 85.8 cm³/mol. The SMILES string of the molecule is C=CCCCCCC(NCCC)c1cc(C)nnc1C. The number of hydrogen-bond acceptors (Lipinski definition) is 3. The molecule has 1 atom stereocenters. The Kier molecular flexibility index (Phi) is 8.12. The number of allylic oxidation sites excluding steroid dienone is 1. The molecule has 20 heavy (non-hydrogen) atoms. The van der Waals surface area contributed by atoms with Crippen molar-refractivity contribution in [2.24, 2.45) is 0 Å². The monoisotopic (exact) mass is 275 g/mol. The Labute approximate surface area is 123 Å². The summed E-state index contributed by atoms with van der Waals surface area (Å²) in [6, 6.07) is 2.59. The third kappa shape index (κ3) is 5.83. The van der Waals surface area contributed by atoms with E-state index in [2.05, 4.69) is 42.0 Å². The van der Waals surface area contributed by atoms with E-state index in [1.807, 2.05) is 13.0 Å². The summed E-state index contributed by atoms with van der Waals surface area (Å²) in [7, 11) is 0. The lowest BCUT2D eigenvalue weighted by atomic mass is 9.98. The molecule has 0 aromatic carbocycles. The number of aryl methyl sites for hydroxylation is 2. The van der Waals surface area contributed by atoms with Crippen LogP contribution in [-0.2, 0) is 0 Å². The maximum Gasteiger partial charge on any atom is 0.0648 e. The van der Waals surface area contributed by atoms with Crippen molar-refractivity contribution in [3.8, 4) is 0 Å². The molecule has 1 aromatic rings. The van der Waals surface area contributed by atoms with E-state index in [4.69, 9.17) is 0 Å². The first-order valence-electron chi connectivity index (χ1n) is 7.84. The molecule has 0 fully saturated rings. The van der Waals surface area contributed by atoms with E-state index >= 15 is 0 Å². The number of aromatic nitrogens is 2. The van der Waals surface area contributed by atoms with Crippen molar-refractivity contribution in [3.05, 3.63) is 35.7 Å². The van der Waals surface area contributed by atoms with E-state index in [-0.39, 0.29) is 0 Å². The minimum absolute atomic E-state index is 0.410. The van der Waals surface area contributed by atoms with Crippen molar-refractivity contribution < 1.29 is 0 Å². The highest BCUT2D eigenvalue weighted by Gasteiger charge is 2.14. The molecule has 1 unspecified atom stereocenters. The van der Waals surface area contributed by atoms with Gasteiger partial charge in [-0.1, -0.05) is 25.8 Å². The standard InChI is InChI=1S/C17H29N3/c1-5-7-8-9-10-11-17(18-12-6-2)16-13-14(3)19-20-15(16)4/h5,13,17-18H,1,6-12H2,2-4H3. The van der Waals surface area contributed by atoms with Gasteiger partial charge in [0.1, 0.15) is 0 Å². The molecule has 0 bridgehead atoms. The van der Waals surface area contributed by atoms with Crippen molar-refractivity contribution in [2.45, 2.75) is 65.3 Å². The average molecular weight is 275 g/mol. The topological polar surface area (TPSA) is 37.8 Å². The molecule has 1 heterocycles. The molecule has 3 heteroatoms. The van der Waals surface area contributed by atoms with Gasteiger partial charge in [0.15, 0.2) is 0 Å². The first-order valence-corrected chi connectivity index (χ1v) is 7.84. The van der Waals surface area contributed by atoms with Gasteiger partial charge in [0.25, 0.3) is 0 Å². The van der Waals surface area contributed by atoms with Crippen molar-refractivity contribution in [3.63, 3.8) is 0 Å². The summed E-state index contributed by atoms with van der Waals surface area (Å²) in [6.45, 7) is 11.1.